The molecule has 1 aliphatic carbocycles. The van der Waals surface area contributed by atoms with Gasteiger partial charge in [-0.25, -0.2) is 4.68 Å². The molecule has 2 aliphatic rings. The van der Waals surface area contributed by atoms with Gasteiger partial charge in [0, 0.05) is 12.7 Å². The number of nitrogens with one attached hydrogen (secondary N) is 1. The van der Waals surface area contributed by atoms with Crippen LogP contribution in [0.3, 0.4) is 0 Å². The summed E-state index contributed by atoms with van der Waals surface area (Å²) in [7, 11) is 0. The lowest BCUT2D eigenvalue weighted by Gasteiger charge is -2.33. The van der Waals surface area contributed by atoms with Crippen molar-refractivity contribution in [3.63, 3.8) is 0 Å². The molecule has 1 N–H and O–H groups in total. The highest BCUT2D eigenvalue weighted by Gasteiger charge is 2.40. The first-order valence-electron chi connectivity index (χ1n) is 8.07. The molecular formula is C15H26N4O. The molecule has 1 aromatic rings. The van der Waals surface area contributed by atoms with Crippen LogP contribution in [-0.4, -0.2) is 33.2 Å². The number of rotatable bonds is 5. The SMILES string of the molecule is CCNCc1cn(CC2CCC3(CCCCC3)O2)nn1. The molecule has 1 unspecified atom stereocenters. The topological polar surface area (TPSA) is 52.0 Å². The first kappa shape index (κ1) is 14.0. The summed E-state index contributed by atoms with van der Waals surface area (Å²) in [6.07, 6.45) is 11.3. The lowest BCUT2D eigenvalue weighted by molar-refractivity contribution is -0.0689. The van der Waals surface area contributed by atoms with E-state index in [1.165, 1.54) is 44.9 Å². The molecule has 0 amide bonds. The average Bonchev–Trinajstić information content (AvgIpc) is 3.06. The monoisotopic (exact) mass is 278 g/mol. The van der Waals surface area contributed by atoms with Crippen LogP contribution in [-0.2, 0) is 17.8 Å². The fourth-order valence-corrected chi connectivity index (χ4v) is 3.56. The van der Waals surface area contributed by atoms with Crippen LogP contribution >= 0.6 is 0 Å². The molecule has 5 nitrogen and oxygen atoms in total. The van der Waals surface area contributed by atoms with Crippen LogP contribution in [0, 0.1) is 0 Å². The van der Waals surface area contributed by atoms with E-state index in [1.54, 1.807) is 0 Å². The average molecular weight is 278 g/mol. The van der Waals surface area contributed by atoms with Gasteiger partial charge < -0.3 is 10.1 Å². The third-order valence-electron chi connectivity index (χ3n) is 4.64. The smallest absolute Gasteiger partial charge is 0.0964 e. The molecule has 2 heterocycles. The van der Waals surface area contributed by atoms with E-state index >= 15 is 0 Å². The van der Waals surface area contributed by atoms with Crippen LogP contribution in [0.5, 0.6) is 0 Å². The Morgan fingerprint density at radius 1 is 1.35 bits per heavy atom. The summed E-state index contributed by atoms with van der Waals surface area (Å²) < 4.78 is 8.32. The maximum Gasteiger partial charge on any atom is 0.0964 e. The molecule has 20 heavy (non-hydrogen) atoms. The summed E-state index contributed by atoms with van der Waals surface area (Å²) >= 11 is 0. The summed E-state index contributed by atoms with van der Waals surface area (Å²) in [6.45, 7) is 4.70. The molecule has 2 fully saturated rings. The molecule has 0 radical (unpaired) electrons. The molecule has 0 bridgehead atoms. The van der Waals surface area contributed by atoms with E-state index in [0.29, 0.717) is 6.10 Å². The lowest BCUT2D eigenvalue weighted by atomic mass is 9.83. The number of nitrogens with zero attached hydrogens (tertiary/aromatic N) is 3. The predicted molar refractivity (Wildman–Crippen MR) is 77.3 cm³/mol. The Labute approximate surface area is 121 Å². The molecule has 1 aliphatic heterocycles. The molecule has 1 saturated heterocycles. The van der Waals surface area contributed by atoms with Gasteiger partial charge in [-0.2, -0.15) is 0 Å². The summed E-state index contributed by atoms with van der Waals surface area (Å²) in [6, 6.07) is 0. The van der Waals surface area contributed by atoms with E-state index in [1.807, 2.05) is 10.9 Å². The summed E-state index contributed by atoms with van der Waals surface area (Å²) in [5.41, 5.74) is 1.22. The van der Waals surface area contributed by atoms with Gasteiger partial charge in [0.15, 0.2) is 0 Å². The zero-order chi connectivity index (χ0) is 13.8. The van der Waals surface area contributed by atoms with Gasteiger partial charge in [-0.3, -0.25) is 0 Å². The van der Waals surface area contributed by atoms with E-state index in [4.69, 9.17) is 4.74 Å². The summed E-state index contributed by atoms with van der Waals surface area (Å²) in [4.78, 5) is 0. The Morgan fingerprint density at radius 2 is 2.20 bits per heavy atom. The van der Waals surface area contributed by atoms with Crippen molar-refractivity contribution in [1.29, 1.82) is 0 Å². The zero-order valence-corrected chi connectivity index (χ0v) is 12.5. The number of hydrogen-bond acceptors (Lipinski definition) is 4. The summed E-state index contributed by atoms with van der Waals surface area (Å²) in [5.74, 6) is 0. The van der Waals surface area contributed by atoms with Crippen molar-refractivity contribution < 1.29 is 4.74 Å². The molecular weight excluding hydrogens is 252 g/mol. The Morgan fingerprint density at radius 3 is 3.00 bits per heavy atom. The number of ether oxygens (including phenoxy) is 1. The second kappa shape index (κ2) is 6.22. The highest BCUT2D eigenvalue weighted by Crippen LogP contribution is 2.42. The van der Waals surface area contributed by atoms with Crippen molar-refractivity contribution in [2.45, 2.75) is 76.7 Å². The minimum Gasteiger partial charge on any atom is -0.370 e. The minimum atomic E-state index is 0.204. The van der Waals surface area contributed by atoms with E-state index < -0.39 is 0 Å². The molecule has 0 aromatic carbocycles. The van der Waals surface area contributed by atoms with Crippen LogP contribution in [0.1, 0.15) is 57.6 Å². The van der Waals surface area contributed by atoms with Crippen LogP contribution in [0.25, 0.3) is 0 Å². The van der Waals surface area contributed by atoms with Gasteiger partial charge in [-0.1, -0.05) is 31.4 Å². The molecule has 1 aromatic heterocycles. The van der Waals surface area contributed by atoms with Crippen molar-refractivity contribution in [3.8, 4) is 0 Å². The number of aromatic nitrogens is 3. The van der Waals surface area contributed by atoms with Gasteiger partial charge in [-0.05, 0) is 32.2 Å². The van der Waals surface area contributed by atoms with Crippen LogP contribution in [0.15, 0.2) is 6.20 Å². The Kier molecular flexibility index (Phi) is 4.36. The Bertz CT molecular complexity index is 425. The van der Waals surface area contributed by atoms with E-state index in [9.17, 15) is 0 Å². The van der Waals surface area contributed by atoms with Crippen molar-refractivity contribution in [1.82, 2.24) is 20.3 Å². The van der Waals surface area contributed by atoms with Crippen molar-refractivity contribution in [2.75, 3.05) is 6.54 Å². The summed E-state index contributed by atoms with van der Waals surface area (Å²) in [5, 5.41) is 11.7. The highest BCUT2D eigenvalue weighted by molar-refractivity contribution is 4.94. The largest absolute Gasteiger partial charge is 0.370 e. The first-order chi connectivity index (χ1) is 9.80. The Hall–Kier alpha value is -0.940. The first-order valence-corrected chi connectivity index (χ1v) is 8.07. The van der Waals surface area contributed by atoms with Crippen LogP contribution < -0.4 is 5.32 Å². The second-order valence-corrected chi connectivity index (χ2v) is 6.23. The molecule has 1 saturated carbocycles. The van der Waals surface area contributed by atoms with Gasteiger partial charge in [0.2, 0.25) is 0 Å². The van der Waals surface area contributed by atoms with E-state index in [2.05, 4.69) is 22.6 Å². The maximum atomic E-state index is 6.38. The van der Waals surface area contributed by atoms with Gasteiger partial charge in [-0.15, -0.1) is 5.10 Å². The normalized spacial score (nSPS) is 25.4. The molecule has 5 heteroatoms. The highest BCUT2D eigenvalue weighted by atomic mass is 16.5. The molecule has 1 atom stereocenters. The van der Waals surface area contributed by atoms with Crippen molar-refractivity contribution in [2.24, 2.45) is 0 Å². The quantitative estimate of drug-likeness (QED) is 0.897. The minimum absolute atomic E-state index is 0.204. The van der Waals surface area contributed by atoms with Gasteiger partial charge in [0.05, 0.1) is 23.9 Å². The molecule has 112 valence electrons. The maximum absolute atomic E-state index is 6.38. The fraction of sp³-hybridized carbons (Fsp3) is 0.867. The van der Waals surface area contributed by atoms with Gasteiger partial charge >= 0.3 is 0 Å². The molecule has 3 rings (SSSR count). The van der Waals surface area contributed by atoms with Crippen molar-refractivity contribution >= 4 is 0 Å². The Balaban J connectivity index is 1.52. The molecule has 1 spiro atoms. The van der Waals surface area contributed by atoms with Gasteiger partial charge in [0.25, 0.3) is 0 Å². The van der Waals surface area contributed by atoms with Crippen LogP contribution in [0.4, 0.5) is 0 Å². The van der Waals surface area contributed by atoms with E-state index in [-0.39, 0.29) is 5.60 Å². The third kappa shape index (κ3) is 3.20. The number of hydrogen-bond donors (Lipinski definition) is 1. The van der Waals surface area contributed by atoms with Crippen LogP contribution in [0.2, 0.25) is 0 Å². The predicted octanol–water partition coefficient (Wildman–Crippen LogP) is 2.27. The standard InChI is InChI=1S/C15H26N4O/c1-2-16-10-13-11-19(18-17-13)12-14-6-9-15(20-14)7-4-3-5-8-15/h11,14,16H,2-10,12H2,1H3. The van der Waals surface area contributed by atoms with E-state index in [0.717, 1.165) is 25.3 Å². The lowest BCUT2D eigenvalue weighted by Crippen LogP contribution is -2.32. The van der Waals surface area contributed by atoms with Crippen molar-refractivity contribution in [3.05, 3.63) is 11.9 Å². The third-order valence-corrected chi connectivity index (χ3v) is 4.64. The fourth-order valence-electron chi connectivity index (χ4n) is 3.56. The van der Waals surface area contributed by atoms with Gasteiger partial charge in [0.1, 0.15) is 0 Å². The second-order valence-electron chi connectivity index (χ2n) is 6.23. The zero-order valence-electron chi connectivity index (χ0n) is 12.5.